The van der Waals surface area contributed by atoms with E-state index in [1.165, 1.54) is 12.1 Å². The van der Waals surface area contributed by atoms with Crippen LogP contribution in [0.15, 0.2) is 56.1 Å². The van der Waals surface area contributed by atoms with Crippen molar-refractivity contribution < 1.29 is 8.81 Å². The average molecular weight is 361 g/mol. The maximum absolute atomic E-state index is 13.5. The fourth-order valence-corrected chi connectivity index (χ4v) is 2.91. The average Bonchev–Trinajstić information content (AvgIpc) is 2.49. The van der Waals surface area contributed by atoms with Crippen molar-refractivity contribution >= 4 is 26.9 Å². The van der Waals surface area contributed by atoms with Crippen LogP contribution in [0.1, 0.15) is 19.1 Å². The summed E-state index contributed by atoms with van der Waals surface area (Å²) in [6, 6.07) is 11.4. The number of hydrogen-bond donors (Lipinski definition) is 0. The molecule has 0 saturated carbocycles. The zero-order valence-electron chi connectivity index (χ0n) is 12.0. The number of fused-ring (bicyclic) bond motifs is 1. The van der Waals surface area contributed by atoms with Gasteiger partial charge in [0.2, 0.25) is 5.43 Å². The van der Waals surface area contributed by atoms with Crippen molar-refractivity contribution in [3.8, 4) is 11.1 Å². The van der Waals surface area contributed by atoms with E-state index >= 15 is 0 Å². The fourth-order valence-electron chi connectivity index (χ4n) is 2.55. The Labute approximate surface area is 135 Å². The lowest BCUT2D eigenvalue weighted by Crippen LogP contribution is -2.09. The van der Waals surface area contributed by atoms with E-state index < -0.39 is 0 Å². The molecule has 0 N–H and O–H groups in total. The van der Waals surface area contributed by atoms with Crippen molar-refractivity contribution in [3.63, 3.8) is 0 Å². The minimum Gasteiger partial charge on any atom is -0.460 e. The van der Waals surface area contributed by atoms with Crippen molar-refractivity contribution in [1.29, 1.82) is 0 Å². The van der Waals surface area contributed by atoms with Crippen molar-refractivity contribution in [2.45, 2.75) is 19.8 Å². The van der Waals surface area contributed by atoms with E-state index in [4.69, 9.17) is 4.42 Å². The molecule has 0 aliphatic rings. The molecular weight excluding hydrogens is 347 g/mol. The summed E-state index contributed by atoms with van der Waals surface area (Å²) in [5, 5.41) is 0.494. The Kier molecular flexibility index (Phi) is 4.12. The molecule has 2 aromatic carbocycles. The number of rotatable bonds is 3. The van der Waals surface area contributed by atoms with Gasteiger partial charge in [0.1, 0.15) is 17.2 Å². The lowest BCUT2D eigenvalue weighted by Gasteiger charge is -2.10. The molecule has 0 aliphatic carbocycles. The minimum atomic E-state index is -0.367. The van der Waals surface area contributed by atoms with Gasteiger partial charge in [-0.3, -0.25) is 4.79 Å². The highest BCUT2D eigenvalue weighted by Gasteiger charge is 2.16. The first-order valence-corrected chi connectivity index (χ1v) is 7.90. The van der Waals surface area contributed by atoms with Gasteiger partial charge in [-0.15, -0.1) is 0 Å². The number of benzene rings is 2. The molecule has 0 aliphatic heterocycles. The molecule has 22 heavy (non-hydrogen) atoms. The third-order valence-electron chi connectivity index (χ3n) is 3.52. The van der Waals surface area contributed by atoms with Crippen LogP contribution in [0.25, 0.3) is 22.1 Å². The predicted octanol–water partition coefficient (Wildman–Crippen LogP) is 5.31. The quantitative estimate of drug-likeness (QED) is 0.633. The molecule has 2 nitrogen and oxygen atoms in total. The third-order valence-corrected chi connectivity index (χ3v) is 4.01. The van der Waals surface area contributed by atoms with Crippen LogP contribution in [0, 0.1) is 5.82 Å². The summed E-state index contributed by atoms with van der Waals surface area (Å²) in [6.07, 6.45) is 1.47. The van der Waals surface area contributed by atoms with Crippen LogP contribution in [0.2, 0.25) is 0 Å². The zero-order chi connectivity index (χ0) is 15.7. The molecule has 4 heteroatoms. The Balaban J connectivity index is 2.37. The number of halogens is 2. The second-order valence-corrected chi connectivity index (χ2v) is 6.05. The van der Waals surface area contributed by atoms with Crippen molar-refractivity contribution in [3.05, 3.63) is 68.7 Å². The Bertz CT molecular complexity index is 899. The Morgan fingerprint density at radius 3 is 2.73 bits per heavy atom. The van der Waals surface area contributed by atoms with E-state index in [9.17, 15) is 9.18 Å². The lowest BCUT2D eigenvalue weighted by atomic mass is 10.00. The second kappa shape index (κ2) is 6.05. The first-order chi connectivity index (χ1) is 10.6. The SMILES string of the molecule is CCCc1oc2ccc(Br)cc2c(=O)c1-c1cccc(F)c1. The van der Waals surface area contributed by atoms with Gasteiger partial charge in [0, 0.05) is 10.9 Å². The van der Waals surface area contributed by atoms with E-state index in [0.717, 1.165) is 10.9 Å². The van der Waals surface area contributed by atoms with Gasteiger partial charge in [-0.1, -0.05) is 35.0 Å². The molecule has 0 saturated heterocycles. The van der Waals surface area contributed by atoms with Crippen LogP contribution in [0.4, 0.5) is 4.39 Å². The summed E-state index contributed by atoms with van der Waals surface area (Å²) in [4.78, 5) is 12.9. The van der Waals surface area contributed by atoms with Crippen LogP contribution in [-0.4, -0.2) is 0 Å². The van der Waals surface area contributed by atoms with Gasteiger partial charge in [-0.2, -0.15) is 0 Å². The van der Waals surface area contributed by atoms with E-state index in [2.05, 4.69) is 15.9 Å². The van der Waals surface area contributed by atoms with Crippen LogP contribution in [0.3, 0.4) is 0 Å². The van der Waals surface area contributed by atoms with Gasteiger partial charge in [0.25, 0.3) is 0 Å². The first-order valence-electron chi connectivity index (χ1n) is 7.11. The topological polar surface area (TPSA) is 30.2 Å². The zero-order valence-corrected chi connectivity index (χ0v) is 13.6. The molecule has 112 valence electrons. The molecule has 3 aromatic rings. The Hall–Kier alpha value is -1.94. The summed E-state index contributed by atoms with van der Waals surface area (Å²) in [5.74, 6) is 0.238. The number of aryl methyl sites for hydroxylation is 1. The van der Waals surface area contributed by atoms with Crippen molar-refractivity contribution in [1.82, 2.24) is 0 Å². The molecule has 0 bridgehead atoms. The third kappa shape index (κ3) is 2.71. The lowest BCUT2D eigenvalue weighted by molar-refractivity contribution is 0.534. The molecule has 0 atom stereocenters. The van der Waals surface area contributed by atoms with E-state index in [1.54, 1.807) is 24.3 Å². The van der Waals surface area contributed by atoms with Crippen LogP contribution >= 0.6 is 15.9 Å². The molecule has 0 amide bonds. The van der Waals surface area contributed by atoms with Crippen LogP contribution in [-0.2, 0) is 6.42 Å². The summed E-state index contributed by atoms with van der Waals surface area (Å²) in [5.41, 5.74) is 1.43. The molecule has 0 radical (unpaired) electrons. The maximum Gasteiger partial charge on any atom is 0.200 e. The van der Waals surface area contributed by atoms with Gasteiger partial charge in [-0.05, 0) is 42.3 Å². The van der Waals surface area contributed by atoms with E-state index in [0.29, 0.717) is 34.3 Å². The highest BCUT2D eigenvalue weighted by molar-refractivity contribution is 9.10. The summed E-state index contributed by atoms with van der Waals surface area (Å²) < 4.78 is 20.3. The van der Waals surface area contributed by atoms with E-state index in [-0.39, 0.29) is 11.2 Å². The highest BCUT2D eigenvalue weighted by Crippen LogP contribution is 2.27. The predicted molar refractivity (Wildman–Crippen MR) is 89.6 cm³/mol. The summed E-state index contributed by atoms with van der Waals surface area (Å²) >= 11 is 3.37. The maximum atomic E-state index is 13.5. The fraction of sp³-hybridized carbons (Fsp3) is 0.167. The van der Waals surface area contributed by atoms with Crippen LogP contribution < -0.4 is 5.43 Å². The van der Waals surface area contributed by atoms with E-state index in [1.807, 2.05) is 13.0 Å². The van der Waals surface area contributed by atoms with Crippen LogP contribution in [0.5, 0.6) is 0 Å². The standard InChI is InChI=1S/C18H14BrFO2/c1-2-4-16-17(11-5-3-6-13(20)9-11)18(21)14-10-12(19)7-8-15(14)22-16/h3,5-10H,2,4H2,1H3. The van der Waals surface area contributed by atoms with Crippen molar-refractivity contribution in [2.75, 3.05) is 0 Å². The summed E-state index contributed by atoms with van der Waals surface area (Å²) in [6.45, 7) is 2.02. The largest absolute Gasteiger partial charge is 0.460 e. The normalized spacial score (nSPS) is 11.0. The number of hydrogen-bond acceptors (Lipinski definition) is 2. The summed E-state index contributed by atoms with van der Waals surface area (Å²) in [7, 11) is 0. The molecule has 1 heterocycles. The van der Waals surface area contributed by atoms with Crippen molar-refractivity contribution in [2.24, 2.45) is 0 Å². The highest BCUT2D eigenvalue weighted by atomic mass is 79.9. The molecule has 0 fully saturated rings. The minimum absolute atomic E-state index is 0.128. The molecular formula is C18H14BrFO2. The van der Waals surface area contributed by atoms with Gasteiger partial charge >= 0.3 is 0 Å². The monoisotopic (exact) mass is 360 g/mol. The van der Waals surface area contributed by atoms with Gasteiger partial charge in [0.05, 0.1) is 10.9 Å². The molecule has 0 unspecified atom stereocenters. The Morgan fingerprint density at radius 1 is 1.18 bits per heavy atom. The molecule has 1 aromatic heterocycles. The van der Waals surface area contributed by atoms with Gasteiger partial charge < -0.3 is 4.42 Å². The molecule has 0 spiro atoms. The first kappa shape index (κ1) is 15.0. The van der Waals surface area contributed by atoms with Gasteiger partial charge in [-0.25, -0.2) is 4.39 Å². The smallest absolute Gasteiger partial charge is 0.200 e. The molecule has 3 rings (SSSR count). The Morgan fingerprint density at radius 2 is 2.00 bits per heavy atom. The van der Waals surface area contributed by atoms with Gasteiger partial charge in [0.15, 0.2) is 0 Å². The second-order valence-electron chi connectivity index (χ2n) is 5.13.